The molecule has 1 aromatic carbocycles. The number of methoxy groups -OCH3 is 1. The number of fused-ring (bicyclic) bond motifs is 1. The number of carbonyl (C=O) groups is 2. The van der Waals surface area contributed by atoms with Crippen LogP contribution >= 0.6 is 11.6 Å². The van der Waals surface area contributed by atoms with Gasteiger partial charge in [-0.1, -0.05) is 17.7 Å². The van der Waals surface area contributed by atoms with Crippen molar-refractivity contribution in [1.82, 2.24) is 14.5 Å². The molecule has 1 aromatic heterocycles. The highest BCUT2D eigenvalue weighted by Gasteiger charge is 2.39. The average Bonchev–Trinajstić information content (AvgIpc) is 3.07. The van der Waals surface area contributed by atoms with Crippen molar-refractivity contribution in [3.63, 3.8) is 0 Å². The van der Waals surface area contributed by atoms with Gasteiger partial charge >= 0.3 is 5.97 Å². The Labute approximate surface area is 178 Å². The van der Waals surface area contributed by atoms with Gasteiger partial charge in [0.1, 0.15) is 0 Å². The molecular weight excluding hydrogens is 414 g/mol. The van der Waals surface area contributed by atoms with Crippen LogP contribution in [0.2, 0.25) is 5.02 Å². The van der Waals surface area contributed by atoms with Crippen LogP contribution in [0.1, 0.15) is 32.8 Å². The third-order valence-electron chi connectivity index (χ3n) is 4.91. The minimum Gasteiger partial charge on any atom is -0.465 e. The van der Waals surface area contributed by atoms with E-state index in [-0.39, 0.29) is 23.7 Å². The van der Waals surface area contributed by atoms with E-state index >= 15 is 0 Å². The largest absolute Gasteiger partial charge is 0.465 e. The van der Waals surface area contributed by atoms with E-state index in [1.54, 1.807) is 30.8 Å². The topological polar surface area (TPSA) is 120 Å². The van der Waals surface area contributed by atoms with Crippen molar-refractivity contribution in [2.75, 3.05) is 37.5 Å². The molecule has 162 valence electrons. The average molecular weight is 438 g/mol. The summed E-state index contributed by atoms with van der Waals surface area (Å²) in [6.07, 6.45) is -0.711. The van der Waals surface area contributed by atoms with Gasteiger partial charge in [-0.3, -0.25) is 9.69 Å². The Morgan fingerprint density at radius 3 is 2.77 bits per heavy atom. The van der Waals surface area contributed by atoms with Crippen LogP contribution < -0.4 is 10.2 Å². The molecule has 1 amide bonds. The molecule has 0 radical (unpaired) electrons. The highest BCUT2D eigenvalue weighted by molar-refractivity contribution is 6.33. The van der Waals surface area contributed by atoms with Crippen LogP contribution in [0.5, 0.6) is 0 Å². The van der Waals surface area contributed by atoms with E-state index in [9.17, 15) is 14.7 Å². The maximum Gasteiger partial charge on any atom is 0.339 e. The number of esters is 1. The predicted octanol–water partition coefficient (Wildman–Crippen LogP) is 1.02. The number of benzene rings is 1. The van der Waals surface area contributed by atoms with Crippen molar-refractivity contribution in [3.05, 3.63) is 40.0 Å². The lowest BCUT2D eigenvalue weighted by molar-refractivity contribution is -0.000733. The summed E-state index contributed by atoms with van der Waals surface area (Å²) in [7, 11) is 4.59. The fourth-order valence-electron chi connectivity index (χ4n) is 3.25. The summed E-state index contributed by atoms with van der Waals surface area (Å²) in [4.78, 5) is 32.3. The van der Waals surface area contributed by atoms with Crippen molar-refractivity contribution < 1.29 is 24.5 Å². The number of aromatic nitrogens is 2. The molecule has 2 heterocycles. The molecule has 1 unspecified atom stereocenters. The molecule has 1 aliphatic rings. The standard InChI is InChI=1S/C19H24ClN5O5/c1-23-14-15(22-18(23)21-7-4-8-26)24(2)19(29)25(16(14)27)10-11-5-6-13(20)12(9-11)17(28)30-3/h5-6,9,19,26,29H,4,7-8,10H2,1-3H3,(H,21,22). The summed E-state index contributed by atoms with van der Waals surface area (Å²) in [5.41, 5.74) is 1.10. The van der Waals surface area contributed by atoms with E-state index in [0.29, 0.717) is 36.0 Å². The number of ether oxygens (including phenoxy) is 1. The third kappa shape index (κ3) is 3.93. The Morgan fingerprint density at radius 1 is 1.37 bits per heavy atom. The lowest BCUT2D eigenvalue weighted by Gasteiger charge is -2.38. The molecule has 1 aliphatic heterocycles. The molecule has 0 saturated carbocycles. The molecule has 3 rings (SSSR count). The highest BCUT2D eigenvalue weighted by atomic mass is 35.5. The number of hydrogen-bond acceptors (Lipinski definition) is 8. The van der Waals surface area contributed by atoms with E-state index in [1.165, 1.54) is 23.0 Å². The molecule has 2 aromatic rings. The van der Waals surface area contributed by atoms with Gasteiger partial charge < -0.3 is 29.7 Å². The van der Waals surface area contributed by atoms with Gasteiger partial charge in [0.15, 0.2) is 11.5 Å². The van der Waals surface area contributed by atoms with E-state index in [1.807, 2.05) is 0 Å². The summed E-state index contributed by atoms with van der Waals surface area (Å²) in [5, 5.41) is 23.0. The molecule has 1 atom stereocenters. The van der Waals surface area contributed by atoms with Crippen LogP contribution in [-0.4, -0.2) is 70.2 Å². The van der Waals surface area contributed by atoms with Gasteiger partial charge in [-0.15, -0.1) is 0 Å². The minimum atomic E-state index is -1.25. The summed E-state index contributed by atoms with van der Waals surface area (Å²) in [6, 6.07) is 4.76. The number of carbonyl (C=O) groups excluding carboxylic acids is 2. The van der Waals surface area contributed by atoms with Crippen molar-refractivity contribution in [2.24, 2.45) is 7.05 Å². The first-order chi connectivity index (χ1) is 14.3. The van der Waals surface area contributed by atoms with Gasteiger partial charge in [0, 0.05) is 27.2 Å². The second-order valence-corrected chi connectivity index (χ2v) is 7.27. The Hall–Kier alpha value is -2.82. The van der Waals surface area contributed by atoms with Crippen LogP contribution in [-0.2, 0) is 18.3 Å². The SMILES string of the molecule is COC(=O)c1cc(CN2C(=O)c3c(nc(NCCCO)n3C)N(C)C2O)ccc1Cl. The number of aliphatic hydroxyl groups is 2. The fourth-order valence-corrected chi connectivity index (χ4v) is 3.45. The van der Waals surface area contributed by atoms with Crippen molar-refractivity contribution in [1.29, 1.82) is 0 Å². The molecule has 0 aliphatic carbocycles. The van der Waals surface area contributed by atoms with Crippen molar-refractivity contribution >= 4 is 35.2 Å². The number of anilines is 2. The summed E-state index contributed by atoms with van der Waals surface area (Å²) >= 11 is 6.06. The van der Waals surface area contributed by atoms with Gasteiger partial charge in [-0.25, -0.2) is 4.79 Å². The Kier molecular flexibility index (Phi) is 6.49. The number of nitrogens with zero attached hydrogens (tertiary/aromatic N) is 4. The first-order valence-electron chi connectivity index (χ1n) is 9.30. The number of hydrogen-bond donors (Lipinski definition) is 3. The number of nitrogens with one attached hydrogen (secondary N) is 1. The molecule has 3 N–H and O–H groups in total. The maximum absolute atomic E-state index is 13.2. The van der Waals surface area contributed by atoms with E-state index in [4.69, 9.17) is 21.4 Å². The van der Waals surface area contributed by atoms with Crippen LogP contribution in [0.3, 0.4) is 0 Å². The Balaban J connectivity index is 1.90. The third-order valence-corrected chi connectivity index (χ3v) is 5.24. The number of halogens is 1. The van der Waals surface area contributed by atoms with Crippen molar-refractivity contribution in [3.8, 4) is 0 Å². The van der Waals surface area contributed by atoms with Crippen LogP contribution in [0.15, 0.2) is 18.2 Å². The van der Waals surface area contributed by atoms with Crippen molar-refractivity contribution in [2.45, 2.75) is 19.3 Å². The highest BCUT2D eigenvalue weighted by Crippen LogP contribution is 2.32. The van der Waals surface area contributed by atoms with E-state index in [0.717, 1.165) is 0 Å². The zero-order valence-corrected chi connectivity index (χ0v) is 17.7. The quantitative estimate of drug-likeness (QED) is 0.434. The summed E-state index contributed by atoms with van der Waals surface area (Å²) in [5.74, 6) is -0.182. The minimum absolute atomic E-state index is 0.0388. The molecule has 0 spiro atoms. The molecule has 30 heavy (non-hydrogen) atoms. The Bertz CT molecular complexity index is 963. The normalized spacial score (nSPS) is 15.9. The number of rotatable bonds is 7. The van der Waals surface area contributed by atoms with Crippen LogP contribution in [0.4, 0.5) is 11.8 Å². The monoisotopic (exact) mass is 437 g/mol. The van der Waals surface area contributed by atoms with Gasteiger partial charge in [0.25, 0.3) is 5.91 Å². The van der Waals surface area contributed by atoms with Crippen LogP contribution in [0, 0.1) is 0 Å². The van der Waals surface area contributed by atoms with Gasteiger partial charge in [0.2, 0.25) is 12.3 Å². The first kappa shape index (κ1) is 21.9. The van der Waals surface area contributed by atoms with E-state index in [2.05, 4.69) is 10.3 Å². The molecule has 0 saturated heterocycles. The number of imidazole rings is 1. The van der Waals surface area contributed by atoms with Gasteiger partial charge in [-0.05, 0) is 24.1 Å². The molecule has 11 heteroatoms. The smallest absolute Gasteiger partial charge is 0.339 e. The van der Waals surface area contributed by atoms with E-state index < -0.39 is 18.2 Å². The summed E-state index contributed by atoms with van der Waals surface area (Å²) < 4.78 is 6.35. The van der Waals surface area contributed by atoms with Crippen LogP contribution in [0.25, 0.3) is 0 Å². The fraction of sp³-hybridized carbons (Fsp3) is 0.421. The van der Waals surface area contributed by atoms with Gasteiger partial charge in [-0.2, -0.15) is 4.98 Å². The second kappa shape index (κ2) is 8.90. The number of aliphatic hydroxyl groups excluding tert-OH is 2. The number of amides is 1. The molecule has 0 bridgehead atoms. The lowest BCUT2D eigenvalue weighted by Crippen LogP contribution is -2.53. The maximum atomic E-state index is 13.2. The molecular formula is C19H24ClN5O5. The molecule has 0 fully saturated rings. The zero-order valence-electron chi connectivity index (χ0n) is 16.9. The Morgan fingerprint density at radius 2 is 2.10 bits per heavy atom. The molecule has 10 nitrogen and oxygen atoms in total. The second-order valence-electron chi connectivity index (χ2n) is 6.87. The zero-order chi connectivity index (χ0) is 22.0. The predicted molar refractivity (Wildman–Crippen MR) is 110 cm³/mol. The summed E-state index contributed by atoms with van der Waals surface area (Å²) in [6.45, 7) is 0.575. The first-order valence-corrected chi connectivity index (χ1v) is 9.68. The van der Waals surface area contributed by atoms with Gasteiger partial charge in [0.05, 0.1) is 24.2 Å². The lowest BCUT2D eigenvalue weighted by atomic mass is 10.1.